The van der Waals surface area contributed by atoms with Crippen molar-refractivity contribution in [3.8, 4) is 5.75 Å². The molecule has 0 saturated carbocycles. The lowest BCUT2D eigenvalue weighted by atomic mass is 10.1. The van der Waals surface area contributed by atoms with Gasteiger partial charge in [-0.3, -0.25) is 0 Å². The predicted molar refractivity (Wildman–Crippen MR) is 65.4 cm³/mol. The lowest BCUT2D eigenvalue weighted by Crippen LogP contribution is -2.47. The molecule has 0 spiro atoms. The van der Waals surface area contributed by atoms with Crippen molar-refractivity contribution in [1.29, 1.82) is 0 Å². The average Bonchev–Trinajstić information content (AvgIpc) is 2.31. The second-order valence-electron chi connectivity index (χ2n) is 3.77. The quantitative estimate of drug-likeness (QED) is 0.620. The first-order valence-corrected chi connectivity index (χ1v) is 5.58. The number of hydrogen-bond donors (Lipinski definition) is 4. The highest BCUT2D eigenvalue weighted by Crippen LogP contribution is 2.11. The number of hydrogen-bond acceptors (Lipinski definition) is 3. The maximum atomic E-state index is 11.3. The number of carbonyl (C=O) groups excluding carboxylic acids is 1. The summed E-state index contributed by atoms with van der Waals surface area (Å²) >= 11 is 0. The maximum absolute atomic E-state index is 11.3. The van der Waals surface area contributed by atoms with E-state index in [9.17, 15) is 9.59 Å². The maximum Gasteiger partial charge on any atom is 0.326 e. The van der Waals surface area contributed by atoms with Gasteiger partial charge in [-0.15, -0.1) is 0 Å². The number of carbonyl (C=O) groups is 2. The molecule has 98 valence electrons. The molecule has 0 fully saturated rings. The van der Waals surface area contributed by atoms with Crippen LogP contribution in [0, 0.1) is 0 Å². The van der Waals surface area contributed by atoms with E-state index < -0.39 is 18.0 Å². The van der Waals surface area contributed by atoms with E-state index in [1.54, 1.807) is 19.1 Å². The van der Waals surface area contributed by atoms with Gasteiger partial charge in [0.05, 0.1) is 0 Å². The fourth-order valence-electron chi connectivity index (χ4n) is 1.44. The number of nitrogens with one attached hydrogen (secondary N) is 2. The Bertz CT molecular complexity index is 417. The Morgan fingerprint density at radius 2 is 1.89 bits per heavy atom. The molecule has 4 N–H and O–H groups in total. The molecule has 0 saturated heterocycles. The molecular weight excluding hydrogens is 236 g/mol. The molecule has 6 heteroatoms. The third-order valence-corrected chi connectivity index (χ3v) is 2.32. The van der Waals surface area contributed by atoms with Crippen molar-refractivity contribution in [3.05, 3.63) is 29.8 Å². The minimum Gasteiger partial charge on any atom is -0.508 e. The number of carboxylic acid groups (broad SMARTS) is 1. The summed E-state index contributed by atoms with van der Waals surface area (Å²) in [5.74, 6) is -0.989. The predicted octanol–water partition coefficient (Wildman–Crippen LogP) is 0.707. The summed E-state index contributed by atoms with van der Waals surface area (Å²) in [4.78, 5) is 22.3. The number of phenols is 1. The molecule has 6 nitrogen and oxygen atoms in total. The van der Waals surface area contributed by atoms with Crippen LogP contribution in [0.25, 0.3) is 0 Å². The van der Waals surface area contributed by atoms with Crippen molar-refractivity contribution in [3.63, 3.8) is 0 Å². The van der Waals surface area contributed by atoms with Gasteiger partial charge in [-0.1, -0.05) is 12.1 Å². The van der Waals surface area contributed by atoms with Crippen LogP contribution in [0.15, 0.2) is 24.3 Å². The molecule has 0 aliphatic heterocycles. The average molecular weight is 252 g/mol. The molecule has 0 aliphatic rings. The van der Waals surface area contributed by atoms with Crippen LogP contribution < -0.4 is 10.6 Å². The normalized spacial score (nSPS) is 11.6. The monoisotopic (exact) mass is 252 g/mol. The molecule has 1 rings (SSSR count). The van der Waals surface area contributed by atoms with E-state index in [4.69, 9.17) is 10.2 Å². The highest BCUT2D eigenvalue weighted by atomic mass is 16.4. The molecule has 0 aromatic heterocycles. The van der Waals surface area contributed by atoms with Crippen molar-refractivity contribution < 1.29 is 19.8 Å². The van der Waals surface area contributed by atoms with Gasteiger partial charge in [-0.05, 0) is 24.6 Å². The number of aliphatic carboxylic acids is 1. The summed E-state index contributed by atoms with van der Waals surface area (Å²) in [6.45, 7) is 2.17. The van der Waals surface area contributed by atoms with E-state index in [0.29, 0.717) is 6.54 Å². The zero-order valence-electron chi connectivity index (χ0n) is 10.0. The van der Waals surface area contributed by atoms with Crippen molar-refractivity contribution in [1.82, 2.24) is 10.6 Å². The Morgan fingerprint density at radius 1 is 1.28 bits per heavy atom. The second-order valence-corrected chi connectivity index (χ2v) is 3.77. The minimum absolute atomic E-state index is 0.113. The summed E-state index contributed by atoms with van der Waals surface area (Å²) in [7, 11) is 0. The molecule has 2 amide bonds. The molecular formula is C12H16N2O4. The molecule has 0 unspecified atom stereocenters. The fourth-order valence-corrected chi connectivity index (χ4v) is 1.44. The van der Waals surface area contributed by atoms with Gasteiger partial charge in [0.15, 0.2) is 0 Å². The Morgan fingerprint density at radius 3 is 2.39 bits per heavy atom. The SMILES string of the molecule is CCNC(=O)N[C@@H](Cc1ccc(O)cc1)C(=O)O. The fraction of sp³-hybridized carbons (Fsp3) is 0.333. The first-order chi connectivity index (χ1) is 8.52. The standard InChI is InChI=1S/C12H16N2O4/c1-2-13-12(18)14-10(11(16)17)7-8-3-5-9(15)6-4-8/h3-6,10,15H,2,7H2,1H3,(H,16,17)(H2,13,14,18)/t10-/m0/s1. The lowest BCUT2D eigenvalue weighted by Gasteiger charge is -2.14. The van der Waals surface area contributed by atoms with Crippen LogP contribution in [-0.2, 0) is 11.2 Å². The smallest absolute Gasteiger partial charge is 0.326 e. The van der Waals surface area contributed by atoms with Gasteiger partial charge in [-0.25, -0.2) is 9.59 Å². The highest BCUT2D eigenvalue weighted by molar-refractivity contribution is 5.82. The number of aromatic hydroxyl groups is 1. The van der Waals surface area contributed by atoms with Crippen LogP contribution in [0.2, 0.25) is 0 Å². The van der Waals surface area contributed by atoms with Crippen LogP contribution in [-0.4, -0.2) is 34.8 Å². The first-order valence-electron chi connectivity index (χ1n) is 5.58. The molecule has 0 bridgehead atoms. The zero-order chi connectivity index (χ0) is 13.5. The first kappa shape index (κ1) is 13.8. The van der Waals surface area contributed by atoms with Gasteiger partial charge >= 0.3 is 12.0 Å². The van der Waals surface area contributed by atoms with E-state index in [1.165, 1.54) is 12.1 Å². The number of phenolic OH excluding ortho intramolecular Hbond substituents is 1. The number of benzene rings is 1. The highest BCUT2D eigenvalue weighted by Gasteiger charge is 2.19. The summed E-state index contributed by atoms with van der Waals surface area (Å²) in [6.07, 6.45) is 0.159. The number of rotatable bonds is 5. The van der Waals surface area contributed by atoms with Gasteiger partial charge in [0.1, 0.15) is 11.8 Å². The summed E-state index contributed by atoms with van der Waals surface area (Å²) in [5, 5.41) is 23.0. The molecule has 1 atom stereocenters. The Balaban J connectivity index is 2.65. The van der Waals surface area contributed by atoms with Crippen LogP contribution in [0.5, 0.6) is 5.75 Å². The summed E-state index contributed by atoms with van der Waals surface area (Å²) in [5.41, 5.74) is 0.719. The van der Waals surface area contributed by atoms with Crippen LogP contribution in [0.3, 0.4) is 0 Å². The number of amides is 2. The molecule has 18 heavy (non-hydrogen) atoms. The third kappa shape index (κ3) is 4.32. The van der Waals surface area contributed by atoms with E-state index in [0.717, 1.165) is 5.56 Å². The van der Waals surface area contributed by atoms with Crippen molar-refractivity contribution in [2.24, 2.45) is 0 Å². The Kier molecular flexibility index (Phi) is 4.98. The van der Waals surface area contributed by atoms with E-state index >= 15 is 0 Å². The summed E-state index contributed by atoms with van der Waals surface area (Å²) in [6, 6.07) is 4.67. The minimum atomic E-state index is -1.10. The Labute approximate surface area is 105 Å². The number of urea groups is 1. The van der Waals surface area contributed by atoms with Crippen molar-refractivity contribution >= 4 is 12.0 Å². The Hall–Kier alpha value is -2.24. The van der Waals surface area contributed by atoms with Gasteiger partial charge in [0.2, 0.25) is 0 Å². The van der Waals surface area contributed by atoms with Gasteiger partial charge < -0.3 is 20.8 Å². The zero-order valence-corrected chi connectivity index (χ0v) is 10.0. The lowest BCUT2D eigenvalue weighted by molar-refractivity contribution is -0.139. The van der Waals surface area contributed by atoms with Crippen molar-refractivity contribution in [2.75, 3.05) is 6.54 Å². The van der Waals surface area contributed by atoms with Crippen molar-refractivity contribution in [2.45, 2.75) is 19.4 Å². The molecule has 1 aromatic rings. The topological polar surface area (TPSA) is 98.7 Å². The van der Waals surface area contributed by atoms with Gasteiger partial charge in [0.25, 0.3) is 0 Å². The summed E-state index contributed by atoms with van der Waals surface area (Å²) < 4.78 is 0. The van der Waals surface area contributed by atoms with E-state index in [2.05, 4.69) is 10.6 Å². The number of carboxylic acids is 1. The molecule has 0 aliphatic carbocycles. The van der Waals surface area contributed by atoms with E-state index in [-0.39, 0.29) is 12.2 Å². The van der Waals surface area contributed by atoms with Crippen LogP contribution in [0.4, 0.5) is 4.79 Å². The van der Waals surface area contributed by atoms with Gasteiger partial charge in [-0.2, -0.15) is 0 Å². The van der Waals surface area contributed by atoms with E-state index in [1.807, 2.05) is 0 Å². The van der Waals surface area contributed by atoms with Gasteiger partial charge in [0, 0.05) is 13.0 Å². The molecule has 0 radical (unpaired) electrons. The largest absolute Gasteiger partial charge is 0.508 e. The third-order valence-electron chi connectivity index (χ3n) is 2.32. The molecule has 1 aromatic carbocycles. The van der Waals surface area contributed by atoms with Crippen LogP contribution in [0.1, 0.15) is 12.5 Å². The second kappa shape index (κ2) is 6.48. The van der Waals surface area contributed by atoms with Crippen LogP contribution >= 0.6 is 0 Å². The molecule has 0 heterocycles.